The van der Waals surface area contributed by atoms with E-state index in [4.69, 9.17) is 5.26 Å². The molecule has 0 spiro atoms. The number of benzene rings is 1. The summed E-state index contributed by atoms with van der Waals surface area (Å²) in [7, 11) is 0. The molecule has 1 aliphatic heterocycles. The average molecular weight is 214 g/mol. The van der Waals surface area contributed by atoms with Gasteiger partial charge in [-0.25, -0.2) is 0 Å². The van der Waals surface area contributed by atoms with Gasteiger partial charge < -0.3 is 4.90 Å². The van der Waals surface area contributed by atoms with Crippen LogP contribution in [0.1, 0.15) is 18.9 Å². The second kappa shape index (κ2) is 4.36. The minimum Gasteiger partial charge on any atom is -0.311 e. The molecule has 3 nitrogen and oxygen atoms in total. The molecule has 82 valence electrons. The Balaban J connectivity index is 2.18. The predicted molar refractivity (Wildman–Crippen MR) is 61.9 cm³/mol. The smallest absolute Gasteiger partial charge is 0.228 e. The minimum atomic E-state index is -0.154. The van der Waals surface area contributed by atoms with Gasteiger partial charge in [0.2, 0.25) is 5.91 Å². The number of hydrogen-bond acceptors (Lipinski definition) is 2. The van der Waals surface area contributed by atoms with E-state index in [-0.39, 0.29) is 11.8 Å². The quantitative estimate of drug-likeness (QED) is 0.757. The number of nitriles is 1. The molecule has 0 saturated carbocycles. The lowest BCUT2D eigenvalue weighted by atomic mass is 10.1. The Morgan fingerprint density at radius 2 is 2.12 bits per heavy atom. The Hall–Kier alpha value is -1.82. The normalized spacial score (nSPS) is 19.9. The third-order valence-corrected chi connectivity index (χ3v) is 2.96. The van der Waals surface area contributed by atoms with Crippen molar-refractivity contribution in [1.29, 1.82) is 5.26 Å². The Bertz CT molecular complexity index is 430. The summed E-state index contributed by atoms with van der Waals surface area (Å²) >= 11 is 0. The van der Waals surface area contributed by atoms with Crippen molar-refractivity contribution in [2.24, 2.45) is 5.92 Å². The van der Waals surface area contributed by atoms with Crippen LogP contribution in [-0.2, 0) is 11.2 Å². The summed E-state index contributed by atoms with van der Waals surface area (Å²) in [4.78, 5) is 13.4. The summed E-state index contributed by atoms with van der Waals surface area (Å²) in [5.41, 5.74) is 2.16. The van der Waals surface area contributed by atoms with Crippen LogP contribution in [0.15, 0.2) is 24.3 Å². The van der Waals surface area contributed by atoms with E-state index in [2.05, 4.69) is 13.0 Å². The Labute approximate surface area is 95.3 Å². The predicted octanol–water partition coefficient (Wildman–Crippen LogP) is 2.13. The molecule has 2 rings (SSSR count). The van der Waals surface area contributed by atoms with Crippen LogP contribution in [0.25, 0.3) is 0 Å². The first-order chi connectivity index (χ1) is 7.74. The number of anilines is 1. The molecule has 1 unspecified atom stereocenters. The van der Waals surface area contributed by atoms with Gasteiger partial charge in [0.1, 0.15) is 0 Å². The highest BCUT2D eigenvalue weighted by molar-refractivity contribution is 5.96. The molecule has 1 amide bonds. The van der Waals surface area contributed by atoms with Crippen LogP contribution < -0.4 is 4.90 Å². The summed E-state index contributed by atoms with van der Waals surface area (Å²) in [5, 5.41) is 8.80. The highest BCUT2D eigenvalue weighted by Gasteiger charge is 2.30. The maximum atomic E-state index is 11.7. The van der Waals surface area contributed by atoms with Crippen molar-refractivity contribution in [3.8, 4) is 6.07 Å². The second-order valence-corrected chi connectivity index (χ2v) is 4.05. The van der Waals surface area contributed by atoms with E-state index in [1.807, 2.05) is 24.3 Å². The van der Waals surface area contributed by atoms with Crippen molar-refractivity contribution in [2.75, 3.05) is 11.4 Å². The lowest BCUT2D eigenvalue weighted by molar-refractivity contribution is -0.117. The van der Waals surface area contributed by atoms with Crippen LogP contribution in [0.4, 0.5) is 5.69 Å². The SMILES string of the molecule is CCc1ccc(N2CC(C#N)CC2=O)cc1. The van der Waals surface area contributed by atoms with E-state index in [0.717, 1.165) is 12.1 Å². The van der Waals surface area contributed by atoms with Crippen LogP contribution in [-0.4, -0.2) is 12.5 Å². The van der Waals surface area contributed by atoms with Gasteiger partial charge in [-0.2, -0.15) is 5.26 Å². The van der Waals surface area contributed by atoms with Gasteiger partial charge in [0, 0.05) is 18.7 Å². The first-order valence-corrected chi connectivity index (χ1v) is 5.53. The van der Waals surface area contributed by atoms with Gasteiger partial charge in [0.05, 0.1) is 12.0 Å². The van der Waals surface area contributed by atoms with E-state index in [0.29, 0.717) is 13.0 Å². The number of carbonyl (C=O) groups is 1. The van der Waals surface area contributed by atoms with Crippen molar-refractivity contribution in [3.05, 3.63) is 29.8 Å². The van der Waals surface area contributed by atoms with Gasteiger partial charge in [-0.05, 0) is 24.1 Å². The topological polar surface area (TPSA) is 44.1 Å². The van der Waals surface area contributed by atoms with E-state index in [1.165, 1.54) is 5.56 Å². The molecule has 1 saturated heterocycles. The first-order valence-electron chi connectivity index (χ1n) is 5.53. The summed E-state index contributed by atoms with van der Waals surface area (Å²) in [6, 6.07) is 10.1. The molecule has 0 radical (unpaired) electrons. The van der Waals surface area contributed by atoms with Gasteiger partial charge in [-0.15, -0.1) is 0 Å². The molecule has 1 aliphatic rings. The number of aryl methyl sites for hydroxylation is 1. The summed E-state index contributed by atoms with van der Waals surface area (Å²) in [6.45, 7) is 2.63. The zero-order chi connectivity index (χ0) is 11.5. The van der Waals surface area contributed by atoms with Gasteiger partial charge in [0.25, 0.3) is 0 Å². The number of amides is 1. The van der Waals surface area contributed by atoms with Gasteiger partial charge in [-0.1, -0.05) is 19.1 Å². The van der Waals surface area contributed by atoms with Crippen molar-refractivity contribution < 1.29 is 4.79 Å². The molecule has 1 heterocycles. The van der Waals surface area contributed by atoms with Crippen molar-refractivity contribution in [1.82, 2.24) is 0 Å². The molecule has 1 aromatic rings. The lowest BCUT2D eigenvalue weighted by Crippen LogP contribution is -2.24. The maximum absolute atomic E-state index is 11.7. The van der Waals surface area contributed by atoms with E-state index < -0.39 is 0 Å². The zero-order valence-electron chi connectivity index (χ0n) is 9.31. The fourth-order valence-electron chi connectivity index (χ4n) is 1.96. The Morgan fingerprint density at radius 1 is 1.44 bits per heavy atom. The third-order valence-electron chi connectivity index (χ3n) is 2.96. The molecule has 0 bridgehead atoms. The summed E-state index contributed by atoms with van der Waals surface area (Å²) in [5.74, 6) is -0.103. The zero-order valence-corrected chi connectivity index (χ0v) is 9.31. The Kier molecular flexibility index (Phi) is 2.91. The van der Waals surface area contributed by atoms with Gasteiger partial charge in [0.15, 0.2) is 0 Å². The fourth-order valence-corrected chi connectivity index (χ4v) is 1.96. The molecular weight excluding hydrogens is 200 g/mol. The van der Waals surface area contributed by atoms with E-state index in [1.54, 1.807) is 4.90 Å². The molecule has 0 aromatic heterocycles. The largest absolute Gasteiger partial charge is 0.311 e. The fraction of sp³-hybridized carbons (Fsp3) is 0.385. The summed E-state index contributed by atoms with van der Waals surface area (Å²) in [6.07, 6.45) is 1.35. The molecule has 0 N–H and O–H groups in total. The van der Waals surface area contributed by atoms with Crippen LogP contribution in [0.5, 0.6) is 0 Å². The lowest BCUT2D eigenvalue weighted by Gasteiger charge is -2.15. The van der Waals surface area contributed by atoms with Crippen LogP contribution in [0, 0.1) is 17.2 Å². The van der Waals surface area contributed by atoms with Gasteiger partial charge in [-0.3, -0.25) is 4.79 Å². The summed E-state index contributed by atoms with van der Waals surface area (Å²) < 4.78 is 0. The standard InChI is InChI=1S/C13H14N2O/c1-2-10-3-5-12(6-4-10)15-9-11(8-14)7-13(15)16/h3-6,11H,2,7,9H2,1H3. The molecule has 1 fully saturated rings. The van der Waals surface area contributed by atoms with Gasteiger partial charge >= 0.3 is 0 Å². The van der Waals surface area contributed by atoms with Crippen molar-refractivity contribution in [3.63, 3.8) is 0 Å². The first kappa shape index (κ1) is 10.7. The van der Waals surface area contributed by atoms with Crippen LogP contribution >= 0.6 is 0 Å². The second-order valence-electron chi connectivity index (χ2n) is 4.05. The highest BCUT2D eigenvalue weighted by atomic mass is 16.2. The number of carbonyl (C=O) groups excluding carboxylic acids is 1. The highest BCUT2D eigenvalue weighted by Crippen LogP contribution is 2.24. The molecule has 0 aliphatic carbocycles. The monoisotopic (exact) mass is 214 g/mol. The number of hydrogen-bond donors (Lipinski definition) is 0. The molecule has 3 heteroatoms. The third kappa shape index (κ3) is 1.92. The van der Waals surface area contributed by atoms with Crippen LogP contribution in [0.3, 0.4) is 0 Å². The molecule has 16 heavy (non-hydrogen) atoms. The maximum Gasteiger partial charge on any atom is 0.228 e. The minimum absolute atomic E-state index is 0.0517. The molecular formula is C13H14N2O. The van der Waals surface area contributed by atoms with Crippen molar-refractivity contribution >= 4 is 11.6 Å². The van der Waals surface area contributed by atoms with Crippen molar-refractivity contribution in [2.45, 2.75) is 19.8 Å². The van der Waals surface area contributed by atoms with E-state index in [9.17, 15) is 4.79 Å². The average Bonchev–Trinajstić information content (AvgIpc) is 2.71. The molecule has 1 atom stereocenters. The number of nitrogens with zero attached hydrogens (tertiary/aromatic N) is 2. The van der Waals surface area contributed by atoms with E-state index >= 15 is 0 Å². The van der Waals surface area contributed by atoms with Crippen LogP contribution in [0.2, 0.25) is 0 Å². The number of rotatable bonds is 2. The molecule has 1 aromatic carbocycles. The Morgan fingerprint density at radius 3 is 2.62 bits per heavy atom.